The van der Waals surface area contributed by atoms with Gasteiger partial charge in [0.25, 0.3) is 0 Å². The van der Waals surface area contributed by atoms with Gasteiger partial charge in [0.05, 0.1) is 6.04 Å². The molecule has 1 aromatic rings. The van der Waals surface area contributed by atoms with E-state index in [1.165, 1.54) is 12.1 Å². The minimum absolute atomic E-state index is 0.0387. The average Bonchev–Trinajstić information content (AvgIpc) is 2.83. The first-order valence-electron chi connectivity index (χ1n) is 11.7. The zero-order chi connectivity index (χ0) is 26.7. The van der Waals surface area contributed by atoms with E-state index in [2.05, 4.69) is 28.6 Å². The average molecular weight is 511 g/mol. The van der Waals surface area contributed by atoms with Crippen molar-refractivity contribution in [2.45, 2.75) is 71.1 Å². The number of carbonyl (C=O) groups is 4. The van der Waals surface area contributed by atoms with E-state index in [0.717, 1.165) is 5.56 Å². The molecular formula is C24H38N4O6S. The summed E-state index contributed by atoms with van der Waals surface area (Å²) in [5, 5.41) is 26.6. The van der Waals surface area contributed by atoms with Gasteiger partial charge in [-0.2, -0.15) is 12.6 Å². The number of phenols is 1. The van der Waals surface area contributed by atoms with Crippen molar-refractivity contribution in [3.05, 3.63) is 29.8 Å². The van der Waals surface area contributed by atoms with Crippen molar-refractivity contribution in [2.24, 2.45) is 17.6 Å². The minimum Gasteiger partial charge on any atom is -0.508 e. The summed E-state index contributed by atoms with van der Waals surface area (Å²) in [5.74, 6) is -3.48. The molecule has 0 aliphatic rings. The number of carboxylic acids is 1. The van der Waals surface area contributed by atoms with Gasteiger partial charge >= 0.3 is 5.97 Å². The number of carboxylic acid groups (broad SMARTS) is 1. The van der Waals surface area contributed by atoms with E-state index in [-0.39, 0.29) is 29.8 Å². The SMILES string of the molecule is CCC(C)C(NC(=O)C(NC(=O)C(CS)NC(=O)C(N)Cc1ccc(O)cc1)C(C)CC)C(=O)O. The molecule has 1 rings (SSSR count). The summed E-state index contributed by atoms with van der Waals surface area (Å²) in [4.78, 5) is 50.1. The van der Waals surface area contributed by atoms with Crippen molar-refractivity contribution in [3.63, 3.8) is 0 Å². The smallest absolute Gasteiger partial charge is 0.326 e. The van der Waals surface area contributed by atoms with Crippen molar-refractivity contribution >= 4 is 36.3 Å². The van der Waals surface area contributed by atoms with Crippen molar-refractivity contribution in [2.75, 3.05) is 5.75 Å². The Balaban J connectivity index is 2.88. The highest BCUT2D eigenvalue weighted by atomic mass is 32.1. The molecule has 0 heterocycles. The number of phenolic OH excluding ortho intramolecular Hbond substituents is 1. The van der Waals surface area contributed by atoms with Crippen LogP contribution in [0.1, 0.15) is 46.1 Å². The van der Waals surface area contributed by atoms with E-state index in [4.69, 9.17) is 5.73 Å². The normalized spacial score (nSPS) is 16.2. The Labute approximate surface area is 211 Å². The second-order valence-corrected chi connectivity index (χ2v) is 9.17. The largest absolute Gasteiger partial charge is 0.508 e. The second-order valence-electron chi connectivity index (χ2n) is 8.80. The maximum Gasteiger partial charge on any atom is 0.326 e. The summed E-state index contributed by atoms with van der Waals surface area (Å²) in [6, 6.07) is 2.17. The van der Waals surface area contributed by atoms with Gasteiger partial charge in [-0.3, -0.25) is 14.4 Å². The van der Waals surface area contributed by atoms with Gasteiger partial charge in [0.1, 0.15) is 23.9 Å². The van der Waals surface area contributed by atoms with Crippen LogP contribution in [-0.4, -0.2) is 63.8 Å². The number of nitrogens with one attached hydrogen (secondary N) is 3. The zero-order valence-electron chi connectivity index (χ0n) is 20.7. The molecule has 6 atom stereocenters. The number of rotatable bonds is 14. The van der Waals surface area contributed by atoms with Crippen molar-refractivity contribution in [3.8, 4) is 5.75 Å². The third-order valence-corrected chi connectivity index (χ3v) is 6.48. The lowest BCUT2D eigenvalue weighted by Gasteiger charge is -2.29. The molecule has 35 heavy (non-hydrogen) atoms. The van der Waals surface area contributed by atoms with Crippen LogP contribution in [0.5, 0.6) is 5.75 Å². The lowest BCUT2D eigenvalue weighted by molar-refractivity contribution is -0.144. The van der Waals surface area contributed by atoms with Crippen LogP contribution in [0.15, 0.2) is 24.3 Å². The number of amides is 3. The molecule has 1 aromatic carbocycles. The van der Waals surface area contributed by atoms with E-state index >= 15 is 0 Å². The molecule has 0 fully saturated rings. The molecule has 7 N–H and O–H groups in total. The van der Waals surface area contributed by atoms with Gasteiger partial charge in [0.2, 0.25) is 17.7 Å². The predicted molar refractivity (Wildman–Crippen MR) is 136 cm³/mol. The van der Waals surface area contributed by atoms with E-state index in [9.17, 15) is 29.4 Å². The first-order valence-corrected chi connectivity index (χ1v) is 12.4. The summed E-state index contributed by atoms with van der Waals surface area (Å²) >= 11 is 4.16. The minimum atomic E-state index is -1.15. The fourth-order valence-corrected chi connectivity index (χ4v) is 3.59. The standard InChI is InChI=1S/C24H38N4O6S/c1-5-13(3)19(23(32)28-20(24(33)34)14(4)6-2)27-22(31)18(12-35)26-21(30)17(25)11-15-7-9-16(29)10-8-15/h7-10,13-14,17-20,29,35H,5-6,11-12,25H2,1-4H3,(H,26,30)(H,27,31)(H,28,32)(H,33,34). The van der Waals surface area contributed by atoms with Gasteiger partial charge in [-0.1, -0.05) is 52.7 Å². The molecule has 3 amide bonds. The van der Waals surface area contributed by atoms with Crippen LogP contribution in [-0.2, 0) is 25.6 Å². The molecule has 0 bridgehead atoms. The number of hydrogen-bond acceptors (Lipinski definition) is 7. The third kappa shape index (κ3) is 9.41. The number of thiol groups is 1. The lowest BCUT2D eigenvalue weighted by Crippen LogP contribution is -2.59. The molecular weight excluding hydrogens is 472 g/mol. The van der Waals surface area contributed by atoms with E-state index in [1.807, 2.05) is 13.8 Å². The fraction of sp³-hybridized carbons (Fsp3) is 0.583. The van der Waals surface area contributed by atoms with E-state index in [1.54, 1.807) is 26.0 Å². The number of hydrogen-bond donors (Lipinski definition) is 7. The van der Waals surface area contributed by atoms with Crippen LogP contribution < -0.4 is 21.7 Å². The Morgan fingerprint density at radius 1 is 0.886 bits per heavy atom. The quantitative estimate of drug-likeness (QED) is 0.182. The van der Waals surface area contributed by atoms with Crippen LogP contribution in [0.2, 0.25) is 0 Å². The highest BCUT2D eigenvalue weighted by Crippen LogP contribution is 2.13. The monoisotopic (exact) mass is 510 g/mol. The molecule has 11 heteroatoms. The number of benzene rings is 1. The van der Waals surface area contributed by atoms with Gasteiger partial charge in [0.15, 0.2) is 0 Å². The van der Waals surface area contributed by atoms with Crippen molar-refractivity contribution in [1.29, 1.82) is 0 Å². The fourth-order valence-electron chi connectivity index (χ4n) is 3.33. The van der Waals surface area contributed by atoms with E-state index in [0.29, 0.717) is 12.8 Å². The molecule has 0 aliphatic heterocycles. The summed E-state index contributed by atoms with van der Waals surface area (Å²) < 4.78 is 0. The maximum atomic E-state index is 12.9. The Hall–Kier alpha value is -2.79. The molecule has 10 nitrogen and oxygen atoms in total. The van der Waals surface area contributed by atoms with Gasteiger partial charge in [0, 0.05) is 5.75 Å². The molecule has 196 valence electrons. The van der Waals surface area contributed by atoms with Crippen LogP contribution >= 0.6 is 12.6 Å². The Bertz CT molecular complexity index is 866. The van der Waals surface area contributed by atoms with Crippen LogP contribution in [0.3, 0.4) is 0 Å². The number of nitrogens with two attached hydrogens (primary N) is 1. The zero-order valence-corrected chi connectivity index (χ0v) is 21.5. The molecule has 0 saturated carbocycles. The van der Waals surface area contributed by atoms with Crippen LogP contribution in [0.4, 0.5) is 0 Å². The predicted octanol–water partition coefficient (Wildman–Crippen LogP) is 0.823. The molecule has 0 aliphatic carbocycles. The number of carbonyl (C=O) groups excluding carboxylic acids is 3. The molecule has 6 unspecified atom stereocenters. The van der Waals surface area contributed by atoms with Gasteiger partial charge < -0.3 is 31.9 Å². The Morgan fingerprint density at radius 2 is 1.40 bits per heavy atom. The third-order valence-electron chi connectivity index (χ3n) is 6.11. The van der Waals surface area contributed by atoms with Gasteiger partial charge in [-0.15, -0.1) is 0 Å². The molecule has 0 aromatic heterocycles. The highest BCUT2D eigenvalue weighted by molar-refractivity contribution is 7.80. The van der Waals surface area contributed by atoms with E-state index < -0.39 is 47.9 Å². The van der Waals surface area contributed by atoms with Crippen LogP contribution in [0.25, 0.3) is 0 Å². The maximum absolute atomic E-state index is 12.9. The number of aromatic hydroxyl groups is 1. The molecule has 0 saturated heterocycles. The first kappa shape index (κ1) is 30.2. The molecule has 0 spiro atoms. The summed E-state index contributed by atoms with van der Waals surface area (Å²) in [6.45, 7) is 7.17. The second kappa shape index (κ2) is 14.6. The molecule has 0 radical (unpaired) electrons. The van der Waals surface area contributed by atoms with Crippen molar-refractivity contribution in [1.82, 2.24) is 16.0 Å². The topological polar surface area (TPSA) is 171 Å². The number of aliphatic carboxylic acids is 1. The van der Waals surface area contributed by atoms with Crippen molar-refractivity contribution < 1.29 is 29.4 Å². The summed E-state index contributed by atoms with van der Waals surface area (Å²) in [7, 11) is 0. The summed E-state index contributed by atoms with van der Waals surface area (Å²) in [5.41, 5.74) is 6.72. The van der Waals surface area contributed by atoms with Crippen LogP contribution in [0, 0.1) is 11.8 Å². The Morgan fingerprint density at radius 3 is 1.89 bits per heavy atom. The lowest BCUT2D eigenvalue weighted by atomic mass is 9.95. The highest BCUT2D eigenvalue weighted by Gasteiger charge is 2.33. The van der Waals surface area contributed by atoms with Gasteiger partial charge in [-0.25, -0.2) is 4.79 Å². The first-order chi connectivity index (χ1) is 16.4. The Kier molecular flexibility index (Phi) is 12.6. The summed E-state index contributed by atoms with van der Waals surface area (Å²) in [6.07, 6.45) is 1.29. The van der Waals surface area contributed by atoms with Gasteiger partial charge in [-0.05, 0) is 36.0 Å².